The highest BCUT2D eigenvalue weighted by Gasteiger charge is 2.19. The van der Waals surface area contributed by atoms with Gasteiger partial charge in [-0.3, -0.25) is 18.7 Å². The molecule has 1 aromatic carbocycles. The summed E-state index contributed by atoms with van der Waals surface area (Å²) < 4.78 is 2.26. The Hall–Kier alpha value is -3.29. The van der Waals surface area contributed by atoms with Crippen LogP contribution in [-0.4, -0.2) is 31.1 Å². The van der Waals surface area contributed by atoms with E-state index < -0.39 is 11.2 Å². The topological polar surface area (TPSA) is 98.9 Å². The number of carbonyl (C=O) groups is 1. The maximum absolute atomic E-state index is 13.0. The van der Waals surface area contributed by atoms with E-state index >= 15 is 0 Å². The number of nitrogens with one attached hydrogen (secondary N) is 1. The first-order chi connectivity index (χ1) is 14.9. The predicted octanol–water partition coefficient (Wildman–Crippen LogP) is 2.30. The third-order valence-corrected chi connectivity index (χ3v) is 5.91. The summed E-state index contributed by atoms with van der Waals surface area (Å²) >= 11 is 0. The molecule has 8 heteroatoms. The molecule has 0 radical (unpaired) electrons. The van der Waals surface area contributed by atoms with Crippen molar-refractivity contribution in [3.05, 3.63) is 56.9 Å². The van der Waals surface area contributed by atoms with Crippen molar-refractivity contribution in [2.45, 2.75) is 58.0 Å². The Balaban J connectivity index is 1.65. The number of rotatable bonds is 4. The van der Waals surface area contributed by atoms with Gasteiger partial charge in [0.25, 0.3) is 5.56 Å². The summed E-state index contributed by atoms with van der Waals surface area (Å²) in [4.78, 5) is 47.2. The van der Waals surface area contributed by atoms with Crippen molar-refractivity contribution in [1.82, 2.24) is 24.4 Å². The van der Waals surface area contributed by atoms with Gasteiger partial charge in [-0.05, 0) is 19.8 Å². The normalized spacial score (nSPS) is 15.0. The number of aromatic nitrogens is 4. The summed E-state index contributed by atoms with van der Waals surface area (Å²) in [6.45, 7) is 1.68. The number of hydrogen-bond donors (Lipinski definition) is 1. The van der Waals surface area contributed by atoms with E-state index in [4.69, 9.17) is 0 Å². The summed E-state index contributed by atoms with van der Waals surface area (Å²) in [5.41, 5.74) is 1.04. The monoisotopic (exact) mass is 421 g/mol. The average molecular weight is 422 g/mol. The Morgan fingerprint density at radius 1 is 1.10 bits per heavy atom. The predicted molar refractivity (Wildman–Crippen MR) is 119 cm³/mol. The molecule has 31 heavy (non-hydrogen) atoms. The molecule has 1 aliphatic carbocycles. The third kappa shape index (κ3) is 4.42. The van der Waals surface area contributed by atoms with Crippen LogP contribution in [0.25, 0.3) is 22.4 Å². The molecule has 4 rings (SSSR count). The van der Waals surface area contributed by atoms with Gasteiger partial charge in [-0.25, -0.2) is 14.8 Å². The highest BCUT2D eigenvalue weighted by molar-refractivity contribution is 5.78. The van der Waals surface area contributed by atoms with Crippen LogP contribution in [0.1, 0.15) is 44.1 Å². The van der Waals surface area contributed by atoms with Crippen molar-refractivity contribution in [1.29, 1.82) is 0 Å². The van der Waals surface area contributed by atoms with E-state index in [1.807, 2.05) is 31.2 Å². The SMILES string of the molecule is Cc1ccc(-c2ncc3c(=O)n(CC(=O)NC4CCCCCC4)c(=O)n(C)c3n2)cc1. The molecule has 0 bridgehead atoms. The molecule has 0 aliphatic heterocycles. The van der Waals surface area contributed by atoms with E-state index in [1.165, 1.54) is 23.6 Å². The van der Waals surface area contributed by atoms with Crippen LogP contribution in [0.2, 0.25) is 0 Å². The minimum Gasteiger partial charge on any atom is -0.352 e. The maximum Gasteiger partial charge on any atom is 0.332 e. The van der Waals surface area contributed by atoms with E-state index in [9.17, 15) is 14.4 Å². The molecule has 162 valence electrons. The molecule has 1 aliphatic rings. The Labute approximate surface area is 180 Å². The summed E-state index contributed by atoms with van der Waals surface area (Å²) in [6, 6.07) is 7.80. The van der Waals surface area contributed by atoms with Gasteiger partial charge in [0.15, 0.2) is 11.5 Å². The maximum atomic E-state index is 13.0. The largest absolute Gasteiger partial charge is 0.352 e. The Morgan fingerprint density at radius 2 is 1.77 bits per heavy atom. The molecule has 1 amide bonds. The molecular weight excluding hydrogens is 394 g/mol. The number of amides is 1. The fraction of sp³-hybridized carbons (Fsp3) is 0.435. The highest BCUT2D eigenvalue weighted by Crippen LogP contribution is 2.18. The van der Waals surface area contributed by atoms with Crippen molar-refractivity contribution < 1.29 is 4.79 Å². The fourth-order valence-electron chi connectivity index (χ4n) is 4.11. The molecule has 2 heterocycles. The van der Waals surface area contributed by atoms with Gasteiger partial charge >= 0.3 is 5.69 Å². The van der Waals surface area contributed by atoms with E-state index in [-0.39, 0.29) is 29.5 Å². The number of aryl methyl sites for hydroxylation is 2. The first-order valence-corrected chi connectivity index (χ1v) is 10.8. The lowest BCUT2D eigenvalue weighted by Gasteiger charge is -2.17. The average Bonchev–Trinajstić information content (AvgIpc) is 3.04. The second-order valence-corrected chi connectivity index (χ2v) is 8.29. The van der Waals surface area contributed by atoms with Crippen molar-refractivity contribution in [3.8, 4) is 11.4 Å². The van der Waals surface area contributed by atoms with E-state index in [2.05, 4.69) is 15.3 Å². The first kappa shape index (κ1) is 21.0. The smallest absolute Gasteiger partial charge is 0.332 e. The molecule has 1 N–H and O–H groups in total. The van der Waals surface area contributed by atoms with Crippen LogP contribution in [0.5, 0.6) is 0 Å². The van der Waals surface area contributed by atoms with Crippen LogP contribution in [0.15, 0.2) is 40.1 Å². The molecule has 1 fully saturated rings. The van der Waals surface area contributed by atoms with Gasteiger partial charge in [0.2, 0.25) is 5.91 Å². The van der Waals surface area contributed by atoms with Crippen LogP contribution in [0, 0.1) is 6.92 Å². The Kier molecular flexibility index (Phi) is 5.97. The van der Waals surface area contributed by atoms with Gasteiger partial charge in [0, 0.05) is 24.8 Å². The number of nitrogens with zero attached hydrogens (tertiary/aromatic N) is 4. The van der Waals surface area contributed by atoms with Crippen LogP contribution >= 0.6 is 0 Å². The summed E-state index contributed by atoms with van der Waals surface area (Å²) in [5.74, 6) is 0.119. The van der Waals surface area contributed by atoms with Gasteiger partial charge in [0.05, 0.1) is 0 Å². The van der Waals surface area contributed by atoms with Gasteiger partial charge in [0.1, 0.15) is 11.9 Å². The summed E-state index contributed by atoms with van der Waals surface area (Å²) in [5, 5.41) is 3.19. The number of fused-ring (bicyclic) bond motifs is 1. The van der Waals surface area contributed by atoms with Crippen LogP contribution in [-0.2, 0) is 18.4 Å². The molecule has 1 saturated carbocycles. The number of carbonyl (C=O) groups excluding carboxylic acids is 1. The lowest BCUT2D eigenvalue weighted by atomic mass is 10.1. The quantitative estimate of drug-likeness (QED) is 0.652. The zero-order valence-electron chi connectivity index (χ0n) is 17.9. The van der Waals surface area contributed by atoms with E-state index in [0.29, 0.717) is 5.82 Å². The molecular formula is C23H27N5O3. The van der Waals surface area contributed by atoms with E-state index in [0.717, 1.165) is 41.4 Å². The van der Waals surface area contributed by atoms with Gasteiger partial charge in [-0.2, -0.15) is 0 Å². The summed E-state index contributed by atoms with van der Waals surface area (Å²) in [7, 11) is 1.55. The van der Waals surface area contributed by atoms with E-state index in [1.54, 1.807) is 7.05 Å². The zero-order valence-corrected chi connectivity index (χ0v) is 17.9. The van der Waals surface area contributed by atoms with Gasteiger partial charge in [-0.1, -0.05) is 55.5 Å². The van der Waals surface area contributed by atoms with Crippen molar-refractivity contribution in [2.75, 3.05) is 0 Å². The van der Waals surface area contributed by atoms with Crippen LogP contribution in [0.3, 0.4) is 0 Å². The molecule has 0 saturated heterocycles. The van der Waals surface area contributed by atoms with Crippen LogP contribution in [0.4, 0.5) is 0 Å². The Morgan fingerprint density at radius 3 is 2.45 bits per heavy atom. The second-order valence-electron chi connectivity index (χ2n) is 8.29. The minimum atomic E-state index is -0.568. The zero-order chi connectivity index (χ0) is 22.0. The first-order valence-electron chi connectivity index (χ1n) is 10.8. The number of hydrogen-bond acceptors (Lipinski definition) is 5. The third-order valence-electron chi connectivity index (χ3n) is 5.91. The molecule has 0 atom stereocenters. The molecule has 8 nitrogen and oxygen atoms in total. The Bertz CT molecular complexity index is 1220. The minimum absolute atomic E-state index is 0.107. The highest BCUT2D eigenvalue weighted by atomic mass is 16.2. The fourth-order valence-corrected chi connectivity index (χ4v) is 4.11. The molecule has 0 unspecified atom stereocenters. The van der Waals surface area contributed by atoms with Crippen molar-refractivity contribution >= 4 is 16.9 Å². The van der Waals surface area contributed by atoms with Crippen molar-refractivity contribution in [2.24, 2.45) is 7.05 Å². The standard InChI is InChI=1S/C23H27N5O3/c1-15-9-11-16(12-10-15)20-24-13-18-21(26-20)27(2)23(31)28(22(18)30)14-19(29)25-17-7-5-3-4-6-8-17/h9-13,17H,3-8,14H2,1-2H3,(H,25,29). The van der Waals surface area contributed by atoms with Gasteiger partial charge in [-0.15, -0.1) is 0 Å². The van der Waals surface area contributed by atoms with Crippen LogP contribution < -0.4 is 16.6 Å². The van der Waals surface area contributed by atoms with Crippen molar-refractivity contribution in [3.63, 3.8) is 0 Å². The number of benzene rings is 1. The molecule has 2 aromatic heterocycles. The summed E-state index contributed by atoms with van der Waals surface area (Å²) in [6.07, 6.45) is 7.84. The van der Waals surface area contributed by atoms with Gasteiger partial charge < -0.3 is 5.32 Å². The molecule has 0 spiro atoms. The lowest BCUT2D eigenvalue weighted by molar-refractivity contribution is -0.122. The lowest BCUT2D eigenvalue weighted by Crippen LogP contribution is -2.45. The molecule has 3 aromatic rings. The second kappa shape index (κ2) is 8.83.